The van der Waals surface area contributed by atoms with Gasteiger partial charge in [0.1, 0.15) is 34.2 Å². The Morgan fingerprint density at radius 2 is 0.917 bits per heavy atom. The molecular formula is C56H94O4. The van der Waals surface area contributed by atoms with Crippen LogP contribution in [0.5, 0.6) is 23.0 Å². The highest BCUT2D eigenvalue weighted by molar-refractivity contribution is 5.62. The molecule has 2 aliphatic rings. The normalized spacial score (nSPS) is 21.0. The molecule has 0 aromatic heterocycles. The summed E-state index contributed by atoms with van der Waals surface area (Å²) in [6, 6.07) is 1.88. The summed E-state index contributed by atoms with van der Waals surface area (Å²) in [7, 11) is 0. The molecule has 2 N–H and O–H groups in total. The minimum Gasteiger partial charge on any atom is -0.508 e. The number of phenols is 2. The first kappa shape index (κ1) is 50.3. The van der Waals surface area contributed by atoms with E-state index in [1.165, 1.54) is 103 Å². The standard InChI is InChI=1S/C56H94O4/c1-38(2)20-14-22-40(5)24-16-26-42(7)28-18-32-55(12)35-31-48-50(51(57)36-44(9)53(48)59-55)37-49-46(11)54-47(45(10)52(49)58)30-34-56(13,60-54)33-19-29-43(8)27-17-25-41(6)23-15-21-39(3)4/h36,38-43,57-58H,14-35,37H2,1-13H3/t40-,41-,42-,43-,55-,56-/m1/s1. The highest BCUT2D eigenvalue weighted by atomic mass is 16.5. The molecule has 0 amide bonds. The molecule has 0 fully saturated rings. The maximum absolute atomic E-state index is 11.7. The average Bonchev–Trinajstić information content (AvgIpc) is 3.16. The quantitative estimate of drug-likeness (QED) is 0.0991. The van der Waals surface area contributed by atoms with Crippen LogP contribution in [0.2, 0.25) is 0 Å². The molecule has 0 aliphatic carbocycles. The van der Waals surface area contributed by atoms with Crippen LogP contribution < -0.4 is 9.47 Å². The Morgan fingerprint density at radius 1 is 0.517 bits per heavy atom. The summed E-state index contributed by atoms with van der Waals surface area (Å²) in [5.41, 5.74) is 6.53. The second-order valence-electron chi connectivity index (χ2n) is 22.4. The number of hydrogen-bond acceptors (Lipinski definition) is 4. The van der Waals surface area contributed by atoms with Gasteiger partial charge in [-0.15, -0.1) is 0 Å². The van der Waals surface area contributed by atoms with Crippen LogP contribution >= 0.6 is 0 Å². The van der Waals surface area contributed by atoms with Crippen molar-refractivity contribution in [2.75, 3.05) is 0 Å². The van der Waals surface area contributed by atoms with Gasteiger partial charge in [-0.05, 0) is 144 Å². The zero-order valence-corrected chi connectivity index (χ0v) is 41.5. The topological polar surface area (TPSA) is 58.9 Å². The van der Waals surface area contributed by atoms with Gasteiger partial charge >= 0.3 is 0 Å². The number of fused-ring (bicyclic) bond motifs is 2. The zero-order valence-electron chi connectivity index (χ0n) is 41.5. The van der Waals surface area contributed by atoms with Crippen molar-refractivity contribution in [3.05, 3.63) is 45.0 Å². The van der Waals surface area contributed by atoms with Gasteiger partial charge in [-0.1, -0.05) is 145 Å². The Balaban J connectivity index is 1.34. The van der Waals surface area contributed by atoms with Crippen LogP contribution in [0.15, 0.2) is 6.07 Å². The average molecular weight is 831 g/mol. The fourth-order valence-corrected chi connectivity index (χ4v) is 10.7. The van der Waals surface area contributed by atoms with E-state index in [1.807, 2.05) is 13.0 Å². The highest BCUT2D eigenvalue weighted by Gasteiger charge is 2.37. The fourth-order valence-electron chi connectivity index (χ4n) is 10.7. The lowest BCUT2D eigenvalue weighted by Crippen LogP contribution is -2.37. The minimum absolute atomic E-state index is 0.210. The number of hydrogen-bond donors (Lipinski definition) is 2. The number of aryl methyl sites for hydroxylation is 1. The van der Waals surface area contributed by atoms with Gasteiger partial charge in [0, 0.05) is 28.7 Å². The Morgan fingerprint density at radius 3 is 1.37 bits per heavy atom. The number of phenolic OH excluding ortho intramolecular Hbond substituents is 2. The first-order valence-electron chi connectivity index (χ1n) is 25.4. The van der Waals surface area contributed by atoms with Crippen molar-refractivity contribution < 1.29 is 19.7 Å². The van der Waals surface area contributed by atoms with Crippen molar-refractivity contribution in [1.82, 2.24) is 0 Å². The lowest BCUT2D eigenvalue weighted by Gasteiger charge is -2.39. The summed E-state index contributed by atoms with van der Waals surface area (Å²) in [4.78, 5) is 0. The molecule has 6 atom stereocenters. The number of aromatic hydroxyl groups is 2. The summed E-state index contributed by atoms with van der Waals surface area (Å²) < 4.78 is 14.0. The SMILES string of the molecule is Cc1cc(O)c(Cc2c(C)c3c(c(C)c2O)CC[C@@](C)(CCC[C@H](C)CCC[C@H](C)CCCC(C)C)O3)c2c1O[C@](C)(CCC[C@H](C)CCC[C@H](C)CCCC(C)C)CC2. The van der Waals surface area contributed by atoms with Gasteiger partial charge in [-0.3, -0.25) is 0 Å². The van der Waals surface area contributed by atoms with E-state index < -0.39 is 0 Å². The summed E-state index contributed by atoms with van der Waals surface area (Å²) >= 11 is 0. The van der Waals surface area contributed by atoms with Gasteiger partial charge in [0.05, 0.1) is 0 Å². The van der Waals surface area contributed by atoms with Crippen molar-refractivity contribution in [2.24, 2.45) is 35.5 Å². The molecule has 2 aliphatic heterocycles. The van der Waals surface area contributed by atoms with Crippen molar-refractivity contribution in [3.63, 3.8) is 0 Å². The van der Waals surface area contributed by atoms with Crippen molar-refractivity contribution in [2.45, 2.75) is 249 Å². The molecule has 4 rings (SSSR count). The van der Waals surface area contributed by atoms with E-state index >= 15 is 0 Å². The van der Waals surface area contributed by atoms with E-state index in [4.69, 9.17) is 9.47 Å². The van der Waals surface area contributed by atoms with Gasteiger partial charge in [0.2, 0.25) is 0 Å². The molecule has 2 aromatic carbocycles. The Kier molecular flexibility index (Phi) is 19.6. The largest absolute Gasteiger partial charge is 0.508 e. The van der Waals surface area contributed by atoms with Crippen molar-refractivity contribution in [1.29, 1.82) is 0 Å². The molecule has 60 heavy (non-hydrogen) atoms. The van der Waals surface area contributed by atoms with Crippen molar-refractivity contribution in [3.8, 4) is 23.0 Å². The monoisotopic (exact) mass is 831 g/mol. The van der Waals surface area contributed by atoms with Crippen LogP contribution in [0.3, 0.4) is 0 Å². The third-order valence-electron chi connectivity index (χ3n) is 15.2. The molecule has 4 heteroatoms. The van der Waals surface area contributed by atoms with Crippen LogP contribution in [0, 0.1) is 56.3 Å². The molecule has 0 unspecified atom stereocenters. The van der Waals surface area contributed by atoms with Crippen molar-refractivity contribution >= 4 is 0 Å². The fraction of sp³-hybridized carbons (Fsp3) is 0.786. The van der Waals surface area contributed by atoms with E-state index in [0.29, 0.717) is 17.9 Å². The molecular weight excluding hydrogens is 737 g/mol. The van der Waals surface area contributed by atoms with E-state index in [2.05, 4.69) is 83.1 Å². The maximum Gasteiger partial charge on any atom is 0.127 e. The summed E-state index contributed by atoms with van der Waals surface area (Å²) in [6.45, 7) is 29.9. The van der Waals surface area contributed by atoms with E-state index in [-0.39, 0.29) is 11.2 Å². The number of rotatable bonds is 26. The Hall–Kier alpha value is -2.36. The smallest absolute Gasteiger partial charge is 0.127 e. The molecule has 0 saturated carbocycles. The molecule has 2 aromatic rings. The summed E-state index contributed by atoms with van der Waals surface area (Å²) in [6.07, 6.45) is 27.4. The second kappa shape index (κ2) is 23.4. The van der Waals surface area contributed by atoms with E-state index in [1.54, 1.807) is 0 Å². The van der Waals surface area contributed by atoms with Crippen LogP contribution in [0.4, 0.5) is 0 Å². The minimum atomic E-state index is -0.212. The zero-order chi connectivity index (χ0) is 44.2. The van der Waals surface area contributed by atoms with Crippen LogP contribution in [0.25, 0.3) is 0 Å². The molecule has 342 valence electrons. The molecule has 0 saturated heterocycles. The van der Waals surface area contributed by atoms with Crippen LogP contribution in [-0.2, 0) is 19.3 Å². The van der Waals surface area contributed by atoms with Crippen LogP contribution in [0.1, 0.15) is 237 Å². The van der Waals surface area contributed by atoms with Gasteiger partial charge < -0.3 is 19.7 Å². The van der Waals surface area contributed by atoms with Gasteiger partial charge in [-0.2, -0.15) is 0 Å². The Bertz CT molecular complexity index is 1620. The predicted octanol–water partition coefficient (Wildman–Crippen LogP) is 16.7. The highest BCUT2D eigenvalue weighted by Crippen LogP contribution is 2.48. The lowest BCUT2D eigenvalue weighted by molar-refractivity contribution is 0.0511. The predicted molar refractivity (Wildman–Crippen MR) is 257 cm³/mol. The third kappa shape index (κ3) is 14.9. The lowest BCUT2D eigenvalue weighted by atomic mass is 9.81. The molecule has 2 heterocycles. The van der Waals surface area contributed by atoms with E-state index in [9.17, 15) is 10.2 Å². The number of benzene rings is 2. The van der Waals surface area contributed by atoms with E-state index in [0.717, 1.165) is 124 Å². The van der Waals surface area contributed by atoms with Gasteiger partial charge in [0.25, 0.3) is 0 Å². The van der Waals surface area contributed by atoms with Gasteiger partial charge in [0.15, 0.2) is 0 Å². The summed E-state index contributed by atoms with van der Waals surface area (Å²) in [5.74, 6) is 7.38. The maximum atomic E-state index is 11.7. The first-order valence-corrected chi connectivity index (χ1v) is 25.4. The Labute approximate surface area is 370 Å². The van der Waals surface area contributed by atoms with Crippen LogP contribution in [-0.4, -0.2) is 21.4 Å². The molecule has 4 nitrogen and oxygen atoms in total. The molecule has 0 radical (unpaired) electrons. The third-order valence-corrected chi connectivity index (χ3v) is 15.2. The number of ether oxygens (including phenoxy) is 2. The molecule has 0 spiro atoms. The van der Waals surface area contributed by atoms with Gasteiger partial charge in [-0.25, -0.2) is 0 Å². The summed E-state index contributed by atoms with van der Waals surface area (Å²) in [5, 5.41) is 23.2. The second-order valence-corrected chi connectivity index (χ2v) is 22.4. The first-order chi connectivity index (χ1) is 28.3. The molecule has 0 bridgehead atoms.